The molecule has 158 valence electrons. The molecule has 0 saturated carbocycles. The second kappa shape index (κ2) is 8.69. The van der Waals surface area contributed by atoms with Gasteiger partial charge >= 0.3 is 0 Å². The topological polar surface area (TPSA) is 54.9 Å². The maximum absolute atomic E-state index is 13.3. The zero-order valence-corrected chi connectivity index (χ0v) is 17.9. The highest BCUT2D eigenvalue weighted by atomic mass is 35.5. The Morgan fingerprint density at radius 2 is 1.41 bits per heavy atom. The van der Waals surface area contributed by atoms with Crippen molar-refractivity contribution in [3.8, 4) is 0 Å². The minimum Gasteiger partial charge on any atom is -0.327 e. The first-order valence-corrected chi connectivity index (χ1v) is 10.6. The van der Waals surface area contributed by atoms with Crippen molar-refractivity contribution in [2.75, 3.05) is 0 Å². The van der Waals surface area contributed by atoms with Crippen molar-refractivity contribution in [3.63, 3.8) is 0 Å². The maximum atomic E-state index is 13.3. The highest BCUT2D eigenvalue weighted by molar-refractivity contribution is 6.30. The first-order chi connectivity index (χ1) is 15.7. The predicted octanol–water partition coefficient (Wildman–Crippen LogP) is 4.88. The van der Waals surface area contributed by atoms with Crippen LogP contribution in [0.25, 0.3) is 17.4 Å². The van der Waals surface area contributed by atoms with Gasteiger partial charge < -0.3 is 13.7 Å². The van der Waals surface area contributed by atoms with Gasteiger partial charge in [-0.3, -0.25) is 4.79 Å². The Hall–Kier alpha value is -3.90. The number of imidazole rings is 2. The lowest BCUT2D eigenvalue weighted by atomic mass is 10.2. The summed E-state index contributed by atoms with van der Waals surface area (Å²) in [6.45, 7) is 0.823. The molecule has 0 aliphatic carbocycles. The van der Waals surface area contributed by atoms with Gasteiger partial charge in [0.2, 0.25) is 5.91 Å². The number of hydrogen-bond donors (Lipinski definition) is 0. The Balaban J connectivity index is 1.46. The summed E-state index contributed by atoms with van der Waals surface area (Å²) in [5, 5.41) is 0.662. The van der Waals surface area contributed by atoms with Crippen LogP contribution in [0.15, 0.2) is 91.5 Å². The Bertz CT molecular complexity index is 1340. The average molecular weight is 442 g/mol. The van der Waals surface area contributed by atoms with Crippen molar-refractivity contribution in [1.29, 1.82) is 0 Å². The summed E-state index contributed by atoms with van der Waals surface area (Å²) in [6.07, 6.45) is 10.9. The quantitative estimate of drug-likeness (QED) is 0.353. The molecule has 0 radical (unpaired) electrons. The molecule has 5 aromatic rings. The molecule has 6 nitrogen and oxygen atoms in total. The van der Waals surface area contributed by atoms with Gasteiger partial charge in [0.15, 0.2) is 0 Å². The molecule has 0 unspecified atom stereocenters. The number of fused-ring (bicyclic) bond motifs is 2. The molecule has 0 aliphatic heterocycles. The fourth-order valence-corrected chi connectivity index (χ4v) is 3.78. The van der Waals surface area contributed by atoms with E-state index in [0.29, 0.717) is 18.1 Å². The van der Waals surface area contributed by atoms with E-state index in [1.54, 1.807) is 29.2 Å². The largest absolute Gasteiger partial charge is 0.327 e. The van der Waals surface area contributed by atoms with E-state index in [1.807, 2.05) is 82.1 Å². The molecule has 0 aliphatic rings. The van der Waals surface area contributed by atoms with Crippen LogP contribution < -0.4 is 0 Å². The zero-order chi connectivity index (χ0) is 21.9. The number of pyridine rings is 2. The highest BCUT2D eigenvalue weighted by Crippen LogP contribution is 2.16. The number of hydrogen-bond acceptors (Lipinski definition) is 3. The summed E-state index contributed by atoms with van der Waals surface area (Å²) in [6, 6.07) is 19.1. The van der Waals surface area contributed by atoms with Crippen LogP contribution >= 0.6 is 11.6 Å². The average Bonchev–Trinajstić information content (AvgIpc) is 3.42. The zero-order valence-electron chi connectivity index (χ0n) is 17.2. The molecule has 4 heterocycles. The fourth-order valence-electron chi connectivity index (χ4n) is 3.65. The fraction of sp³-hybridized carbons (Fsp3) is 0.0800. The predicted molar refractivity (Wildman–Crippen MR) is 125 cm³/mol. The molecule has 32 heavy (non-hydrogen) atoms. The smallest absolute Gasteiger partial charge is 0.247 e. The summed E-state index contributed by atoms with van der Waals surface area (Å²) in [7, 11) is 0. The van der Waals surface area contributed by atoms with Crippen LogP contribution in [0.1, 0.15) is 17.0 Å². The summed E-state index contributed by atoms with van der Waals surface area (Å²) in [4.78, 5) is 24.0. The molecule has 7 heteroatoms. The number of aromatic nitrogens is 4. The van der Waals surface area contributed by atoms with Crippen LogP contribution in [0.3, 0.4) is 0 Å². The first-order valence-electron chi connectivity index (χ1n) is 10.2. The van der Waals surface area contributed by atoms with Crippen LogP contribution in [0.4, 0.5) is 0 Å². The molecule has 1 aromatic carbocycles. The second-order valence-corrected chi connectivity index (χ2v) is 7.87. The van der Waals surface area contributed by atoms with Gasteiger partial charge in [-0.25, -0.2) is 9.97 Å². The lowest BCUT2D eigenvalue weighted by Gasteiger charge is -2.21. The number of amides is 1. The molecule has 4 aromatic heterocycles. The van der Waals surface area contributed by atoms with E-state index in [-0.39, 0.29) is 5.91 Å². The van der Waals surface area contributed by atoms with Gasteiger partial charge in [-0.1, -0.05) is 35.9 Å². The maximum Gasteiger partial charge on any atom is 0.247 e. The third-order valence-electron chi connectivity index (χ3n) is 5.29. The SMILES string of the molecule is O=C(/C=C/c1ccc(Cl)cc1)N(Cc1cnc2ccccn12)Cc1cnc2ccccn12. The number of benzene rings is 1. The van der Waals surface area contributed by atoms with Crippen molar-refractivity contribution in [2.45, 2.75) is 13.1 Å². The van der Waals surface area contributed by atoms with Gasteiger partial charge in [-0.05, 0) is 48.0 Å². The summed E-state index contributed by atoms with van der Waals surface area (Å²) in [5.41, 5.74) is 4.47. The molecule has 0 fully saturated rings. The highest BCUT2D eigenvalue weighted by Gasteiger charge is 2.17. The number of rotatable bonds is 6. The molecule has 0 N–H and O–H groups in total. The summed E-state index contributed by atoms with van der Waals surface area (Å²) >= 11 is 5.96. The van der Waals surface area contributed by atoms with Gasteiger partial charge in [0.05, 0.1) is 36.9 Å². The van der Waals surface area contributed by atoms with E-state index in [0.717, 1.165) is 28.2 Å². The molecule has 1 amide bonds. The van der Waals surface area contributed by atoms with E-state index < -0.39 is 0 Å². The van der Waals surface area contributed by atoms with E-state index in [1.165, 1.54) is 0 Å². The number of carbonyl (C=O) groups excluding carboxylic acids is 1. The van der Waals surface area contributed by atoms with Gasteiger partial charge in [-0.2, -0.15) is 0 Å². The number of nitrogens with zero attached hydrogens (tertiary/aromatic N) is 5. The normalized spacial score (nSPS) is 11.5. The Morgan fingerprint density at radius 1 is 0.844 bits per heavy atom. The Labute approximate surface area is 190 Å². The second-order valence-electron chi connectivity index (χ2n) is 7.44. The van der Waals surface area contributed by atoms with Crippen LogP contribution in [0.2, 0.25) is 5.02 Å². The standard InChI is InChI=1S/C25H20ClN5O/c26-20-10-7-19(8-11-20)9-12-25(32)29(17-21-15-27-23-5-1-3-13-30(21)23)18-22-16-28-24-6-2-4-14-31(22)24/h1-16H,17-18H2/b12-9+. The van der Waals surface area contributed by atoms with E-state index in [4.69, 9.17) is 11.6 Å². The molecule has 0 saturated heterocycles. The Kier molecular flexibility index (Phi) is 5.44. The van der Waals surface area contributed by atoms with Crippen molar-refractivity contribution in [3.05, 3.63) is 114 Å². The summed E-state index contributed by atoms with van der Waals surface area (Å²) < 4.78 is 4.00. The Morgan fingerprint density at radius 3 is 1.97 bits per heavy atom. The molecule has 0 atom stereocenters. The van der Waals surface area contributed by atoms with Crippen molar-refractivity contribution >= 4 is 34.9 Å². The van der Waals surface area contributed by atoms with Crippen molar-refractivity contribution in [1.82, 2.24) is 23.7 Å². The molecule has 5 rings (SSSR count). The van der Waals surface area contributed by atoms with Gasteiger partial charge in [0.1, 0.15) is 11.3 Å². The van der Waals surface area contributed by atoms with Gasteiger partial charge in [0.25, 0.3) is 0 Å². The molecule has 0 bridgehead atoms. The van der Waals surface area contributed by atoms with Crippen LogP contribution in [0.5, 0.6) is 0 Å². The van der Waals surface area contributed by atoms with E-state index >= 15 is 0 Å². The van der Waals surface area contributed by atoms with Crippen LogP contribution in [-0.2, 0) is 17.9 Å². The molecule has 0 spiro atoms. The van der Waals surface area contributed by atoms with Crippen LogP contribution in [0, 0.1) is 0 Å². The first kappa shape index (κ1) is 20.0. The van der Waals surface area contributed by atoms with E-state index in [9.17, 15) is 4.79 Å². The molecular formula is C25H20ClN5O. The third kappa shape index (κ3) is 4.13. The lowest BCUT2D eigenvalue weighted by Crippen LogP contribution is -2.29. The molecular weight excluding hydrogens is 422 g/mol. The summed E-state index contributed by atoms with van der Waals surface area (Å²) in [5.74, 6) is -0.100. The minimum atomic E-state index is -0.100. The number of carbonyl (C=O) groups is 1. The van der Waals surface area contributed by atoms with Gasteiger partial charge in [0, 0.05) is 23.5 Å². The van der Waals surface area contributed by atoms with Gasteiger partial charge in [-0.15, -0.1) is 0 Å². The number of halogens is 1. The third-order valence-corrected chi connectivity index (χ3v) is 5.55. The minimum absolute atomic E-state index is 0.100. The van der Waals surface area contributed by atoms with E-state index in [2.05, 4.69) is 9.97 Å². The monoisotopic (exact) mass is 441 g/mol. The lowest BCUT2D eigenvalue weighted by molar-refractivity contribution is -0.127. The van der Waals surface area contributed by atoms with Crippen molar-refractivity contribution in [2.24, 2.45) is 0 Å². The van der Waals surface area contributed by atoms with Crippen LogP contribution in [-0.4, -0.2) is 29.6 Å². The van der Waals surface area contributed by atoms with Crippen molar-refractivity contribution < 1.29 is 4.79 Å².